The Morgan fingerprint density at radius 2 is 1.57 bits per heavy atom. The van der Waals surface area contributed by atoms with E-state index >= 15 is 0 Å². The van der Waals surface area contributed by atoms with Crippen molar-refractivity contribution in [2.75, 3.05) is 52.6 Å². The number of nitrogens with zero attached hydrogens (tertiary/aromatic N) is 2. The fourth-order valence-electron chi connectivity index (χ4n) is 3.91. The van der Waals surface area contributed by atoms with Gasteiger partial charge in [0.25, 0.3) is 0 Å². The van der Waals surface area contributed by atoms with Gasteiger partial charge in [-0.1, -0.05) is 0 Å². The van der Waals surface area contributed by atoms with E-state index in [-0.39, 0.29) is 11.9 Å². The molecule has 3 saturated heterocycles. The minimum Gasteiger partial charge on any atom is -0.381 e. The highest BCUT2D eigenvalue weighted by Gasteiger charge is 2.29. The van der Waals surface area contributed by atoms with Crippen LogP contribution < -0.4 is 5.32 Å². The highest BCUT2D eigenvalue weighted by atomic mass is 16.5. The number of hydrogen-bond acceptors (Lipinski definition) is 5. The number of morpholine rings is 1. The Hall–Kier alpha value is -0.690. The second-order valence-corrected chi connectivity index (χ2v) is 6.99. The predicted octanol–water partition coefficient (Wildman–Crippen LogP) is 0.467. The number of amides is 1. The third kappa shape index (κ3) is 4.66. The van der Waals surface area contributed by atoms with Crippen LogP contribution in [0, 0.1) is 0 Å². The van der Waals surface area contributed by atoms with Gasteiger partial charge in [-0.2, -0.15) is 0 Å². The summed E-state index contributed by atoms with van der Waals surface area (Å²) in [5.74, 6) is 0.177. The lowest BCUT2D eigenvalue weighted by atomic mass is 9.99. The van der Waals surface area contributed by atoms with E-state index in [0.717, 1.165) is 78.3 Å². The largest absolute Gasteiger partial charge is 0.381 e. The van der Waals surface area contributed by atoms with Gasteiger partial charge in [-0.15, -0.1) is 0 Å². The maximum Gasteiger partial charge on any atom is 0.237 e. The van der Waals surface area contributed by atoms with Gasteiger partial charge in [0.2, 0.25) is 5.91 Å². The number of rotatable bonds is 4. The molecule has 3 heterocycles. The first kappa shape index (κ1) is 17.1. The topological polar surface area (TPSA) is 54.0 Å². The van der Waals surface area contributed by atoms with Crippen LogP contribution in [0.3, 0.4) is 0 Å². The maximum absolute atomic E-state index is 12.5. The van der Waals surface area contributed by atoms with Crippen molar-refractivity contribution in [1.82, 2.24) is 15.1 Å². The molecule has 6 nitrogen and oxygen atoms in total. The van der Waals surface area contributed by atoms with E-state index in [0.29, 0.717) is 12.1 Å². The zero-order valence-electron chi connectivity index (χ0n) is 14.3. The Bertz CT molecular complexity index is 373. The van der Waals surface area contributed by atoms with Crippen molar-refractivity contribution < 1.29 is 14.3 Å². The standard InChI is InChI=1S/C17H31N3O3/c1-14(19-8-12-23-13-9-19)17(21)18-15-2-6-20(7-3-15)16-4-10-22-11-5-16/h14-16H,2-13H2,1H3,(H,18,21)/t14-/m0/s1. The Labute approximate surface area is 139 Å². The van der Waals surface area contributed by atoms with Crippen molar-refractivity contribution in [3.8, 4) is 0 Å². The summed E-state index contributed by atoms with van der Waals surface area (Å²) in [7, 11) is 0. The minimum absolute atomic E-state index is 0.0487. The maximum atomic E-state index is 12.5. The smallest absolute Gasteiger partial charge is 0.237 e. The summed E-state index contributed by atoms with van der Waals surface area (Å²) >= 11 is 0. The number of carbonyl (C=O) groups is 1. The third-order valence-electron chi connectivity index (χ3n) is 5.56. The van der Waals surface area contributed by atoms with Crippen LogP contribution in [-0.4, -0.2) is 86.4 Å². The van der Waals surface area contributed by atoms with E-state index in [4.69, 9.17) is 9.47 Å². The molecule has 0 spiro atoms. The zero-order valence-corrected chi connectivity index (χ0v) is 14.3. The number of piperidine rings is 1. The summed E-state index contributed by atoms with van der Waals surface area (Å²) in [6.07, 6.45) is 4.45. The average molecular weight is 325 g/mol. The lowest BCUT2D eigenvalue weighted by Gasteiger charge is -2.40. The summed E-state index contributed by atoms with van der Waals surface area (Å²) in [4.78, 5) is 17.3. The van der Waals surface area contributed by atoms with Crippen LogP contribution in [0.4, 0.5) is 0 Å². The number of ether oxygens (including phenoxy) is 2. The second-order valence-electron chi connectivity index (χ2n) is 6.99. The monoisotopic (exact) mass is 325 g/mol. The Morgan fingerprint density at radius 3 is 2.22 bits per heavy atom. The first-order valence-electron chi connectivity index (χ1n) is 9.18. The van der Waals surface area contributed by atoms with Gasteiger partial charge in [-0.05, 0) is 32.6 Å². The molecule has 132 valence electrons. The van der Waals surface area contributed by atoms with Gasteiger partial charge < -0.3 is 19.7 Å². The predicted molar refractivity (Wildman–Crippen MR) is 88.4 cm³/mol. The molecule has 3 rings (SSSR count). The molecule has 0 aromatic heterocycles. The Morgan fingerprint density at radius 1 is 0.957 bits per heavy atom. The molecule has 6 heteroatoms. The first-order chi connectivity index (χ1) is 11.2. The molecule has 1 atom stereocenters. The van der Waals surface area contributed by atoms with Crippen LogP contribution in [0.5, 0.6) is 0 Å². The molecule has 0 saturated carbocycles. The summed E-state index contributed by atoms with van der Waals surface area (Å²) < 4.78 is 10.8. The third-order valence-corrected chi connectivity index (χ3v) is 5.56. The van der Waals surface area contributed by atoms with Crippen LogP contribution in [0.2, 0.25) is 0 Å². The van der Waals surface area contributed by atoms with Gasteiger partial charge in [0.05, 0.1) is 19.3 Å². The van der Waals surface area contributed by atoms with Crippen molar-refractivity contribution in [3.05, 3.63) is 0 Å². The zero-order chi connectivity index (χ0) is 16.1. The molecule has 0 aromatic rings. The molecule has 3 aliphatic rings. The highest BCUT2D eigenvalue weighted by Crippen LogP contribution is 2.20. The van der Waals surface area contributed by atoms with Crippen LogP contribution >= 0.6 is 0 Å². The molecular formula is C17H31N3O3. The fraction of sp³-hybridized carbons (Fsp3) is 0.941. The Balaban J connectivity index is 1.40. The minimum atomic E-state index is -0.0487. The molecule has 3 fully saturated rings. The molecule has 0 radical (unpaired) electrons. The quantitative estimate of drug-likeness (QED) is 0.814. The molecule has 1 amide bonds. The molecule has 3 aliphatic heterocycles. The van der Waals surface area contributed by atoms with E-state index in [9.17, 15) is 4.79 Å². The second kappa shape index (κ2) is 8.42. The molecule has 0 bridgehead atoms. The summed E-state index contributed by atoms with van der Waals surface area (Å²) in [5.41, 5.74) is 0. The van der Waals surface area contributed by atoms with Gasteiger partial charge in [-0.3, -0.25) is 9.69 Å². The van der Waals surface area contributed by atoms with Crippen LogP contribution in [0.25, 0.3) is 0 Å². The SMILES string of the molecule is C[C@@H](C(=O)NC1CCN(C2CCOCC2)CC1)N1CCOCC1. The van der Waals surface area contributed by atoms with Gasteiger partial charge in [0, 0.05) is 51.5 Å². The molecule has 23 heavy (non-hydrogen) atoms. The van der Waals surface area contributed by atoms with Crippen molar-refractivity contribution in [2.24, 2.45) is 0 Å². The molecule has 1 N–H and O–H groups in total. The van der Waals surface area contributed by atoms with Gasteiger partial charge >= 0.3 is 0 Å². The normalized spacial score (nSPS) is 27.7. The summed E-state index contributed by atoms with van der Waals surface area (Å²) in [6, 6.07) is 0.974. The number of nitrogens with one attached hydrogen (secondary N) is 1. The highest BCUT2D eigenvalue weighted by molar-refractivity contribution is 5.81. The van der Waals surface area contributed by atoms with E-state index < -0.39 is 0 Å². The molecule has 0 aliphatic carbocycles. The van der Waals surface area contributed by atoms with Crippen LogP contribution in [0.1, 0.15) is 32.6 Å². The van der Waals surface area contributed by atoms with E-state index in [1.165, 1.54) is 0 Å². The lowest BCUT2D eigenvalue weighted by Crippen LogP contribution is -2.54. The number of likely N-dealkylation sites (tertiary alicyclic amines) is 1. The van der Waals surface area contributed by atoms with Crippen molar-refractivity contribution in [2.45, 2.75) is 50.7 Å². The average Bonchev–Trinajstić information content (AvgIpc) is 2.63. The fourth-order valence-corrected chi connectivity index (χ4v) is 3.91. The van der Waals surface area contributed by atoms with Crippen LogP contribution in [0.15, 0.2) is 0 Å². The first-order valence-corrected chi connectivity index (χ1v) is 9.18. The van der Waals surface area contributed by atoms with Crippen molar-refractivity contribution in [1.29, 1.82) is 0 Å². The van der Waals surface area contributed by atoms with E-state index in [1.54, 1.807) is 0 Å². The molecular weight excluding hydrogens is 294 g/mol. The summed E-state index contributed by atoms with van der Waals surface area (Å²) in [5, 5.41) is 3.27. The lowest BCUT2D eigenvalue weighted by molar-refractivity contribution is -0.128. The van der Waals surface area contributed by atoms with Gasteiger partial charge in [0.1, 0.15) is 0 Å². The van der Waals surface area contributed by atoms with Crippen LogP contribution in [-0.2, 0) is 14.3 Å². The number of hydrogen-bond donors (Lipinski definition) is 1. The summed E-state index contributed by atoms with van der Waals surface area (Å²) in [6.45, 7) is 9.20. The number of carbonyl (C=O) groups excluding carboxylic acids is 1. The molecule has 0 unspecified atom stereocenters. The van der Waals surface area contributed by atoms with Crippen molar-refractivity contribution >= 4 is 5.91 Å². The Kier molecular flexibility index (Phi) is 6.28. The van der Waals surface area contributed by atoms with Crippen molar-refractivity contribution in [3.63, 3.8) is 0 Å². The van der Waals surface area contributed by atoms with E-state index in [1.807, 2.05) is 6.92 Å². The van der Waals surface area contributed by atoms with Gasteiger partial charge in [0.15, 0.2) is 0 Å². The van der Waals surface area contributed by atoms with Gasteiger partial charge in [-0.25, -0.2) is 0 Å². The molecule has 0 aromatic carbocycles. The van der Waals surface area contributed by atoms with E-state index in [2.05, 4.69) is 15.1 Å².